The maximum Gasteiger partial charge on any atom is 0.244 e. The number of benzene rings is 2. The summed E-state index contributed by atoms with van der Waals surface area (Å²) < 4.78 is 30.1. The molecule has 0 N–H and O–H groups in total. The van der Waals surface area contributed by atoms with Crippen molar-refractivity contribution in [2.45, 2.75) is 77.7 Å². The number of aryl methyl sites for hydroxylation is 3. The number of rotatable bonds is 7. The molecule has 2 aromatic carbocycles. The van der Waals surface area contributed by atoms with Crippen LogP contribution in [0.1, 0.15) is 68.2 Å². The summed E-state index contributed by atoms with van der Waals surface area (Å²) in [6, 6.07) is 14.6. The Hall–Kier alpha value is -1.91. The minimum Gasteiger partial charge on any atom is -0.207 e. The van der Waals surface area contributed by atoms with Crippen LogP contribution in [0.4, 0.5) is 0 Å². The summed E-state index contributed by atoms with van der Waals surface area (Å²) in [5, 5.41) is 0. The number of unbranched alkanes of at least 4 members (excludes halogenated alkanes) is 1. The van der Waals surface area contributed by atoms with E-state index < -0.39 is 10.0 Å². The van der Waals surface area contributed by atoms with Crippen molar-refractivity contribution in [3.8, 4) is 0 Å². The molecule has 1 aliphatic heterocycles. The molecule has 33 heavy (non-hydrogen) atoms. The zero-order chi connectivity index (χ0) is 23.9. The van der Waals surface area contributed by atoms with E-state index in [1.165, 1.54) is 30.4 Å². The first-order chi connectivity index (χ1) is 15.7. The van der Waals surface area contributed by atoms with Crippen molar-refractivity contribution < 1.29 is 8.42 Å². The number of hydrogen-bond donors (Lipinski definition) is 0. The molecule has 1 heterocycles. The van der Waals surface area contributed by atoms with Crippen LogP contribution in [0.15, 0.2) is 59.0 Å². The molecule has 1 fully saturated rings. The summed E-state index contributed by atoms with van der Waals surface area (Å²) in [5.41, 5.74) is 5.65. The molecule has 4 atom stereocenters. The summed E-state index contributed by atoms with van der Waals surface area (Å²) in [5.74, 6) is 1.42. The molecule has 2 aromatic rings. The van der Waals surface area contributed by atoms with Gasteiger partial charge >= 0.3 is 0 Å². The van der Waals surface area contributed by atoms with Crippen LogP contribution in [0.3, 0.4) is 0 Å². The predicted octanol–water partition coefficient (Wildman–Crippen LogP) is 6.79. The molecule has 2 aliphatic rings. The second kappa shape index (κ2) is 9.38. The zero-order valence-electron chi connectivity index (χ0n) is 21.0. The molecule has 0 unspecified atom stereocenters. The van der Waals surface area contributed by atoms with E-state index in [0.717, 1.165) is 16.7 Å². The minimum absolute atomic E-state index is 0.0952. The standard InChI is InChI=1S/C29H39NO2S/c1-7-8-14-24-25-17-27(19(2)3)30(18-26(25)28(24)23-12-10-9-11-13-23)33(31,32)29-21(5)15-20(4)16-22(29)6/h9-13,15-17,19,24,26-28H,7-8,14,18H2,1-6H3/t24-,26+,27-,28+/m1/s1. The van der Waals surface area contributed by atoms with Crippen LogP contribution in [-0.4, -0.2) is 25.3 Å². The first-order valence-corrected chi connectivity index (χ1v) is 14.0. The van der Waals surface area contributed by atoms with E-state index in [1.54, 1.807) is 0 Å². The van der Waals surface area contributed by atoms with Crippen LogP contribution in [0, 0.1) is 38.5 Å². The Morgan fingerprint density at radius 1 is 1.03 bits per heavy atom. The first-order valence-electron chi connectivity index (χ1n) is 12.5. The molecule has 0 saturated heterocycles. The highest BCUT2D eigenvalue weighted by atomic mass is 32.2. The van der Waals surface area contributed by atoms with E-state index in [2.05, 4.69) is 57.2 Å². The Morgan fingerprint density at radius 3 is 2.24 bits per heavy atom. The van der Waals surface area contributed by atoms with E-state index in [4.69, 9.17) is 0 Å². The first kappa shape index (κ1) is 24.2. The molecular weight excluding hydrogens is 426 g/mol. The summed E-state index contributed by atoms with van der Waals surface area (Å²) in [4.78, 5) is 0.494. The van der Waals surface area contributed by atoms with E-state index in [0.29, 0.717) is 23.3 Å². The smallest absolute Gasteiger partial charge is 0.207 e. The molecule has 0 bridgehead atoms. The lowest BCUT2D eigenvalue weighted by Gasteiger charge is -2.54. The monoisotopic (exact) mass is 465 g/mol. The van der Waals surface area contributed by atoms with Gasteiger partial charge in [-0.2, -0.15) is 4.31 Å². The van der Waals surface area contributed by atoms with Crippen molar-refractivity contribution in [1.29, 1.82) is 0 Å². The average Bonchev–Trinajstić information content (AvgIpc) is 2.73. The van der Waals surface area contributed by atoms with E-state index in [1.807, 2.05) is 37.2 Å². The molecule has 4 heteroatoms. The van der Waals surface area contributed by atoms with Crippen LogP contribution < -0.4 is 0 Å². The molecule has 0 amide bonds. The van der Waals surface area contributed by atoms with Gasteiger partial charge in [0.2, 0.25) is 10.0 Å². The largest absolute Gasteiger partial charge is 0.244 e. The maximum atomic E-state index is 14.1. The van der Waals surface area contributed by atoms with Crippen LogP contribution in [0.5, 0.6) is 0 Å². The Balaban J connectivity index is 1.77. The third-order valence-corrected chi connectivity index (χ3v) is 9.87. The number of sulfonamides is 1. The highest BCUT2D eigenvalue weighted by Gasteiger charge is 2.52. The van der Waals surface area contributed by atoms with Gasteiger partial charge in [0.1, 0.15) is 0 Å². The van der Waals surface area contributed by atoms with Gasteiger partial charge < -0.3 is 0 Å². The van der Waals surface area contributed by atoms with Gasteiger partial charge in [0.15, 0.2) is 0 Å². The lowest BCUT2D eigenvalue weighted by molar-refractivity contribution is 0.149. The topological polar surface area (TPSA) is 37.4 Å². The van der Waals surface area contributed by atoms with Crippen molar-refractivity contribution >= 4 is 10.0 Å². The van der Waals surface area contributed by atoms with Gasteiger partial charge in [0.25, 0.3) is 0 Å². The molecule has 0 aromatic heterocycles. The van der Waals surface area contributed by atoms with Gasteiger partial charge in [-0.15, -0.1) is 0 Å². The number of nitrogens with zero attached hydrogens (tertiary/aromatic N) is 1. The molecule has 1 aliphatic carbocycles. The van der Waals surface area contributed by atoms with Gasteiger partial charge in [-0.05, 0) is 61.6 Å². The molecule has 0 spiro atoms. The highest BCUT2D eigenvalue weighted by Crippen LogP contribution is 2.57. The van der Waals surface area contributed by atoms with Crippen molar-refractivity contribution in [2.75, 3.05) is 6.54 Å². The minimum atomic E-state index is -3.61. The van der Waals surface area contributed by atoms with Gasteiger partial charge in [-0.25, -0.2) is 8.42 Å². The van der Waals surface area contributed by atoms with Crippen molar-refractivity contribution in [2.24, 2.45) is 17.8 Å². The van der Waals surface area contributed by atoms with Gasteiger partial charge in [0.05, 0.1) is 4.90 Å². The SMILES string of the molecule is CCCC[C@@H]1C2=C[C@H](C(C)C)N(S(=O)(=O)c3c(C)cc(C)cc3C)C[C@@H]2[C@H]1c1ccccc1. The highest BCUT2D eigenvalue weighted by molar-refractivity contribution is 7.89. The summed E-state index contributed by atoms with van der Waals surface area (Å²) in [6.45, 7) is 13.0. The Bertz CT molecular complexity index is 1110. The van der Waals surface area contributed by atoms with Crippen molar-refractivity contribution in [1.82, 2.24) is 4.31 Å². The van der Waals surface area contributed by atoms with Gasteiger partial charge in [-0.3, -0.25) is 0 Å². The second-order valence-electron chi connectivity index (χ2n) is 10.5. The van der Waals surface area contributed by atoms with Crippen molar-refractivity contribution in [3.63, 3.8) is 0 Å². The van der Waals surface area contributed by atoms with E-state index >= 15 is 0 Å². The predicted molar refractivity (Wildman–Crippen MR) is 137 cm³/mol. The lowest BCUT2D eigenvalue weighted by Crippen LogP contribution is -2.55. The van der Waals surface area contributed by atoms with Crippen LogP contribution in [0.2, 0.25) is 0 Å². The molecule has 178 valence electrons. The Morgan fingerprint density at radius 2 is 1.67 bits per heavy atom. The number of hydrogen-bond acceptors (Lipinski definition) is 2. The third-order valence-electron chi connectivity index (χ3n) is 7.70. The Kier molecular flexibility index (Phi) is 6.89. The fourth-order valence-electron chi connectivity index (χ4n) is 6.30. The lowest BCUT2D eigenvalue weighted by atomic mass is 9.55. The molecular formula is C29H39NO2S. The molecule has 1 saturated carbocycles. The molecule has 4 rings (SSSR count). The molecule has 3 nitrogen and oxygen atoms in total. The summed E-state index contributed by atoms with van der Waals surface area (Å²) >= 11 is 0. The van der Waals surface area contributed by atoms with Gasteiger partial charge in [0, 0.05) is 18.5 Å². The fraction of sp³-hybridized carbons (Fsp3) is 0.517. The average molecular weight is 466 g/mol. The normalized spacial score (nSPS) is 25.5. The van der Waals surface area contributed by atoms with E-state index in [9.17, 15) is 8.42 Å². The van der Waals surface area contributed by atoms with E-state index in [-0.39, 0.29) is 17.9 Å². The van der Waals surface area contributed by atoms with Crippen LogP contribution >= 0.6 is 0 Å². The third kappa shape index (κ3) is 4.33. The Labute approximate surface area is 201 Å². The number of fused-ring (bicyclic) bond motifs is 1. The zero-order valence-corrected chi connectivity index (χ0v) is 21.8. The quantitative estimate of drug-likeness (QED) is 0.422. The second-order valence-corrected chi connectivity index (χ2v) is 12.3. The maximum absolute atomic E-state index is 14.1. The van der Waals surface area contributed by atoms with Crippen LogP contribution in [0.25, 0.3) is 0 Å². The van der Waals surface area contributed by atoms with Crippen LogP contribution in [-0.2, 0) is 10.0 Å². The summed E-state index contributed by atoms with van der Waals surface area (Å²) in [7, 11) is -3.61. The molecule has 0 radical (unpaired) electrons. The fourth-order valence-corrected chi connectivity index (χ4v) is 8.45. The van der Waals surface area contributed by atoms with Gasteiger partial charge in [-0.1, -0.05) is 93.3 Å². The summed E-state index contributed by atoms with van der Waals surface area (Å²) in [6.07, 6.45) is 5.92. The van der Waals surface area contributed by atoms with Crippen molar-refractivity contribution in [3.05, 3.63) is 76.4 Å².